The molecule has 1 aliphatic rings. The minimum absolute atomic E-state index is 0.268. The van der Waals surface area contributed by atoms with Crippen LogP contribution in [0, 0.1) is 6.92 Å². The Morgan fingerprint density at radius 3 is 2.73 bits per heavy atom. The van der Waals surface area contributed by atoms with Gasteiger partial charge >= 0.3 is 0 Å². The molecule has 0 aliphatic heterocycles. The molecule has 1 heterocycles. The average molecular weight is 351 g/mol. The van der Waals surface area contributed by atoms with E-state index >= 15 is 0 Å². The number of hydrazone groups is 1. The van der Waals surface area contributed by atoms with Gasteiger partial charge in [-0.2, -0.15) is 5.10 Å². The SMILES string of the molecule is C=CCNC(=O)c1oc2c(c1C)/C(=N/NC(=O)c1ccccc1)CCC2. The van der Waals surface area contributed by atoms with Crippen LogP contribution in [0.1, 0.15) is 50.6 Å². The highest BCUT2D eigenvalue weighted by molar-refractivity contribution is 6.07. The molecule has 134 valence electrons. The van der Waals surface area contributed by atoms with E-state index in [1.165, 1.54) is 0 Å². The standard InChI is InChI=1S/C20H21N3O3/c1-3-12-21-20(25)18-13(2)17-15(10-7-11-16(17)26-18)22-23-19(24)14-8-5-4-6-9-14/h3-6,8-9H,1,7,10-12H2,2H3,(H,21,25)(H,23,24)/b22-15+. The number of hydrogen-bond donors (Lipinski definition) is 2. The summed E-state index contributed by atoms with van der Waals surface area (Å²) in [5.41, 5.74) is 5.45. The topological polar surface area (TPSA) is 83.7 Å². The lowest BCUT2D eigenvalue weighted by Crippen LogP contribution is -2.24. The molecule has 6 nitrogen and oxygen atoms in total. The van der Waals surface area contributed by atoms with Crippen molar-refractivity contribution in [3.63, 3.8) is 0 Å². The molecule has 3 rings (SSSR count). The van der Waals surface area contributed by atoms with Crippen LogP contribution in [-0.2, 0) is 6.42 Å². The van der Waals surface area contributed by atoms with E-state index < -0.39 is 0 Å². The summed E-state index contributed by atoms with van der Waals surface area (Å²) in [6.07, 6.45) is 3.93. The van der Waals surface area contributed by atoms with Crippen LogP contribution >= 0.6 is 0 Å². The summed E-state index contributed by atoms with van der Waals surface area (Å²) >= 11 is 0. The number of hydrogen-bond acceptors (Lipinski definition) is 4. The van der Waals surface area contributed by atoms with Gasteiger partial charge in [-0.1, -0.05) is 24.3 Å². The first-order valence-corrected chi connectivity index (χ1v) is 8.55. The molecule has 1 aromatic carbocycles. The van der Waals surface area contributed by atoms with E-state index in [4.69, 9.17) is 4.42 Å². The highest BCUT2D eigenvalue weighted by Gasteiger charge is 2.27. The maximum absolute atomic E-state index is 12.2. The second kappa shape index (κ2) is 7.82. The Morgan fingerprint density at radius 1 is 1.23 bits per heavy atom. The summed E-state index contributed by atoms with van der Waals surface area (Å²) in [5, 5.41) is 7.03. The van der Waals surface area contributed by atoms with Crippen molar-refractivity contribution in [3.8, 4) is 0 Å². The Bertz CT molecular complexity index is 866. The Labute approximate surface area is 152 Å². The summed E-state index contributed by atoms with van der Waals surface area (Å²) in [7, 11) is 0. The normalized spacial score (nSPS) is 14.6. The molecular weight excluding hydrogens is 330 g/mol. The first-order chi connectivity index (χ1) is 12.6. The minimum Gasteiger partial charge on any atom is -0.455 e. The Hall–Kier alpha value is -3.15. The lowest BCUT2D eigenvalue weighted by molar-refractivity contribution is 0.0926. The van der Waals surface area contributed by atoms with Crippen LogP contribution in [0.3, 0.4) is 0 Å². The van der Waals surface area contributed by atoms with Gasteiger partial charge in [0.2, 0.25) is 0 Å². The third kappa shape index (κ3) is 3.59. The Kier molecular flexibility index (Phi) is 5.31. The summed E-state index contributed by atoms with van der Waals surface area (Å²) in [6, 6.07) is 8.91. The Balaban J connectivity index is 1.84. The van der Waals surface area contributed by atoms with E-state index in [0.717, 1.165) is 41.9 Å². The first kappa shape index (κ1) is 17.7. The average Bonchev–Trinajstić information content (AvgIpc) is 3.02. The molecule has 26 heavy (non-hydrogen) atoms. The molecule has 0 radical (unpaired) electrons. The molecule has 0 spiro atoms. The van der Waals surface area contributed by atoms with E-state index in [-0.39, 0.29) is 11.8 Å². The fourth-order valence-corrected chi connectivity index (χ4v) is 3.01. The summed E-state index contributed by atoms with van der Waals surface area (Å²) < 4.78 is 5.78. The predicted molar refractivity (Wildman–Crippen MR) is 99.4 cm³/mol. The van der Waals surface area contributed by atoms with Gasteiger partial charge < -0.3 is 9.73 Å². The van der Waals surface area contributed by atoms with Gasteiger partial charge in [-0.15, -0.1) is 6.58 Å². The van der Waals surface area contributed by atoms with Crippen molar-refractivity contribution >= 4 is 17.5 Å². The lowest BCUT2D eigenvalue weighted by atomic mass is 9.93. The zero-order valence-electron chi connectivity index (χ0n) is 14.7. The second-order valence-corrected chi connectivity index (χ2v) is 6.07. The van der Waals surface area contributed by atoms with Crippen LogP contribution < -0.4 is 10.7 Å². The molecule has 0 saturated carbocycles. The molecule has 2 amide bonds. The number of aryl methyl sites for hydroxylation is 1. The minimum atomic E-state index is -0.274. The number of nitrogens with one attached hydrogen (secondary N) is 2. The highest BCUT2D eigenvalue weighted by Crippen LogP contribution is 2.29. The van der Waals surface area contributed by atoms with Crippen molar-refractivity contribution in [2.75, 3.05) is 6.54 Å². The molecule has 6 heteroatoms. The molecule has 2 N–H and O–H groups in total. The summed E-state index contributed by atoms with van der Waals surface area (Å²) in [5.74, 6) is 0.492. The largest absolute Gasteiger partial charge is 0.455 e. The molecule has 0 saturated heterocycles. The molecule has 0 atom stereocenters. The number of amides is 2. The Morgan fingerprint density at radius 2 is 2.00 bits per heavy atom. The van der Waals surface area contributed by atoms with Gasteiger partial charge in [-0.25, -0.2) is 5.43 Å². The molecule has 2 aromatic rings. The van der Waals surface area contributed by atoms with Gasteiger partial charge in [-0.3, -0.25) is 9.59 Å². The molecule has 0 unspecified atom stereocenters. The fourth-order valence-electron chi connectivity index (χ4n) is 3.01. The van der Waals surface area contributed by atoms with Gasteiger partial charge in [0.1, 0.15) is 5.76 Å². The second-order valence-electron chi connectivity index (χ2n) is 6.07. The number of carbonyl (C=O) groups excluding carboxylic acids is 2. The van der Waals surface area contributed by atoms with Crippen molar-refractivity contribution < 1.29 is 14.0 Å². The highest BCUT2D eigenvalue weighted by atomic mass is 16.4. The van der Waals surface area contributed by atoms with Gasteiger partial charge in [0, 0.05) is 29.7 Å². The van der Waals surface area contributed by atoms with Gasteiger partial charge in [0.15, 0.2) is 5.76 Å². The van der Waals surface area contributed by atoms with Crippen LogP contribution in [-0.4, -0.2) is 24.1 Å². The van der Waals surface area contributed by atoms with Gasteiger partial charge in [0.25, 0.3) is 11.8 Å². The van der Waals surface area contributed by atoms with Gasteiger partial charge in [-0.05, 0) is 31.9 Å². The zero-order chi connectivity index (χ0) is 18.5. The van der Waals surface area contributed by atoms with Crippen LogP contribution in [0.5, 0.6) is 0 Å². The molecular formula is C20H21N3O3. The van der Waals surface area contributed by atoms with E-state index in [0.29, 0.717) is 17.9 Å². The fraction of sp³-hybridized carbons (Fsp3) is 0.250. The number of fused-ring (bicyclic) bond motifs is 1. The molecule has 0 bridgehead atoms. The number of furan rings is 1. The maximum Gasteiger partial charge on any atom is 0.287 e. The van der Waals surface area contributed by atoms with E-state index in [2.05, 4.69) is 22.4 Å². The van der Waals surface area contributed by atoms with Crippen LogP contribution in [0.15, 0.2) is 52.5 Å². The van der Waals surface area contributed by atoms with E-state index in [1.54, 1.807) is 30.3 Å². The maximum atomic E-state index is 12.2. The third-order valence-electron chi connectivity index (χ3n) is 4.27. The number of benzene rings is 1. The van der Waals surface area contributed by atoms with E-state index in [1.807, 2.05) is 13.0 Å². The lowest BCUT2D eigenvalue weighted by Gasteiger charge is -2.13. The first-order valence-electron chi connectivity index (χ1n) is 8.55. The smallest absolute Gasteiger partial charge is 0.287 e. The third-order valence-corrected chi connectivity index (χ3v) is 4.27. The van der Waals surface area contributed by atoms with Crippen molar-refractivity contribution in [1.82, 2.24) is 10.7 Å². The van der Waals surface area contributed by atoms with Crippen LogP contribution in [0.4, 0.5) is 0 Å². The van der Waals surface area contributed by atoms with Crippen molar-refractivity contribution in [1.29, 1.82) is 0 Å². The quantitative estimate of drug-likeness (QED) is 0.642. The van der Waals surface area contributed by atoms with E-state index in [9.17, 15) is 9.59 Å². The van der Waals surface area contributed by atoms with Crippen molar-refractivity contribution in [2.45, 2.75) is 26.2 Å². The number of carbonyl (C=O) groups is 2. The predicted octanol–water partition coefficient (Wildman–Crippen LogP) is 2.97. The molecule has 1 aliphatic carbocycles. The number of rotatable bonds is 5. The monoisotopic (exact) mass is 351 g/mol. The zero-order valence-corrected chi connectivity index (χ0v) is 14.7. The molecule has 1 aromatic heterocycles. The van der Waals surface area contributed by atoms with Crippen LogP contribution in [0.2, 0.25) is 0 Å². The number of nitrogens with zero attached hydrogens (tertiary/aromatic N) is 1. The van der Waals surface area contributed by atoms with Crippen molar-refractivity contribution in [2.24, 2.45) is 5.10 Å². The van der Waals surface area contributed by atoms with Crippen molar-refractivity contribution in [3.05, 3.63) is 71.2 Å². The van der Waals surface area contributed by atoms with Crippen LogP contribution in [0.25, 0.3) is 0 Å². The summed E-state index contributed by atoms with van der Waals surface area (Å²) in [4.78, 5) is 24.4. The summed E-state index contributed by atoms with van der Waals surface area (Å²) in [6.45, 7) is 5.80. The molecule has 0 fully saturated rings. The van der Waals surface area contributed by atoms with Gasteiger partial charge in [0.05, 0.1) is 5.71 Å².